The number of piperidine rings is 1. The smallest absolute Gasteiger partial charge is 0.0917 e. The molecule has 0 saturated carbocycles. The maximum atomic E-state index is 10.5. The van der Waals surface area contributed by atoms with Crippen molar-refractivity contribution >= 4 is 0 Å². The van der Waals surface area contributed by atoms with Crippen molar-refractivity contribution in [2.45, 2.75) is 57.5 Å². The Labute approximate surface area is 122 Å². The second-order valence-corrected chi connectivity index (χ2v) is 6.47. The van der Waals surface area contributed by atoms with Gasteiger partial charge in [-0.25, -0.2) is 0 Å². The van der Waals surface area contributed by atoms with Crippen LogP contribution in [0.5, 0.6) is 0 Å². The Morgan fingerprint density at radius 3 is 2.40 bits per heavy atom. The molecule has 0 aromatic heterocycles. The number of hydrogen-bond donors (Lipinski definition) is 1. The maximum absolute atomic E-state index is 10.5. The molecule has 1 aliphatic heterocycles. The summed E-state index contributed by atoms with van der Waals surface area (Å²) in [6, 6.07) is 6.68. The molecule has 1 atom stereocenters. The van der Waals surface area contributed by atoms with Crippen LogP contribution in [0.4, 0.5) is 0 Å². The molecule has 2 heteroatoms. The van der Waals surface area contributed by atoms with Gasteiger partial charge in [0.05, 0.1) is 6.10 Å². The fourth-order valence-corrected chi connectivity index (χ4v) is 3.63. The van der Waals surface area contributed by atoms with E-state index in [1.165, 1.54) is 62.5 Å². The van der Waals surface area contributed by atoms with Crippen molar-refractivity contribution in [3.8, 4) is 0 Å². The minimum atomic E-state index is -0.318. The Morgan fingerprint density at radius 2 is 1.60 bits per heavy atom. The summed E-state index contributed by atoms with van der Waals surface area (Å²) in [4.78, 5) is 2.42. The molecule has 1 N–H and O–H groups in total. The third kappa shape index (κ3) is 3.42. The molecule has 0 spiro atoms. The van der Waals surface area contributed by atoms with Gasteiger partial charge in [0.1, 0.15) is 0 Å². The predicted octanol–water partition coefficient (Wildman–Crippen LogP) is 3.47. The summed E-state index contributed by atoms with van der Waals surface area (Å²) in [6.45, 7) is 3.11. The highest BCUT2D eigenvalue weighted by molar-refractivity contribution is 5.34. The number of likely N-dealkylation sites (tertiary alicyclic amines) is 1. The van der Waals surface area contributed by atoms with Crippen molar-refractivity contribution < 1.29 is 5.11 Å². The van der Waals surface area contributed by atoms with Gasteiger partial charge in [-0.1, -0.05) is 31.0 Å². The van der Waals surface area contributed by atoms with Crippen molar-refractivity contribution in [3.63, 3.8) is 0 Å². The summed E-state index contributed by atoms with van der Waals surface area (Å²) in [5.41, 5.74) is 4.12. The number of aryl methyl sites for hydroxylation is 2. The summed E-state index contributed by atoms with van der Waals surface area (Å²) in [6.07, 6.45) is 10.00. The number of aliphatic hydroxyl groups is 1. The van der Waals surface area contributed by atoms with Gasteiger partial charge in [0.2, 0.25) is 0 Å². The minimum Gasteiger partial charge on any atom is -0.387 e. The van der Waals surface area contributed by atoms with Crippen LogP contribution in [0.15, 0.2) is 18.2 Å². The van der Waals surface area contributed by atoms with Crippen LogP contribution in [-0.4, -0.2) is 29.6 Å². The quantitative estimate of drug-likeness (QED) is 0.852. The normalized spacial score (nSPS) is 22.1. The van der Waals surface area contributed by atoms with Crippen molar-refractivity contribution in [2.75, 3.05) is 19.6 Å². The number of nitrogens with zero attached hydrogens (tertiary/aromatic N) is 1. The van der Waals surface area contributed by atoms with E-state index in [0.717, 1.165) is 25.2 Å². The third-order valence-electron chi connectivity index (χ3n) is 4.89. The van der Waals surface area contributed by atoms with E-state index in [2.05, 4.69) is 23.1 Å². The van der Waals surface area contributed by atoms with Crippen LogP contribution < -0.4 is 0 Å². The number of rotatable bonds is 3. The first-order chi connectivity index (χ1) is 9.83. The first-order valence-corrected chi connectivity index (χ1v) is 8.35. The van der Waals surface area contributed by atoms with E-state index in [1.807, 2.05) is 0 Å². The van der Waals surface area contributed by atoms with Crippen LogP contribution >= 0.6 is 0 Å². The molecule has 1 aromatic rings. The Kier molecular flexibility index (Phi) is 4.74. The molecule has 110 valence electrons. The van der Waals surface area contributed by atoms with Gasteiger partial charge in [-0.3, -0.25) is 0 Å². The minimum absolute atomic E-state index is 0.318. The van der Waals surface area contributed by atoms with Crippen molar-refractivity contribution in [1.82, 2.24) is 4.90 Å². The van der Waals surface area contributed by atoms with Gasteiger partial charge in [-0.2, -0.15) is 0 Å². The topological polar surface area (TPSA) is 23.5 Å². The molecule has 0 radical (unpaired) electrons. The average Bonchev–Trinajstić information content (AvgIpc) is 2.72. The standard InChI is InChI=1S/C18H27NO/c20-18(14-19-11-5-2-6-12-19)17-10-9-15-7-3-1-4-8-16(15)13-17/h9-10,13,18,20H,1-8,11-12,14H2. The highest BCUT2D eigenvalue weighted by atomic mass is 16.3. The van der Waals surface area contributed by atoms with E-state index in [4.69, 9.17) is 0 Å². The number of β-amino-alcohol motifs (C(OH)–C–C–N with tert-alkyl or cyclic N) is 1. The lowest BCUT2D eigenvalue weighted by atomic mass is 9.97. The maximum Gasteiger partial charge on any atom is 0.0917 e. The van der Waals surface area contributed by atoms with Gasteiger partial charge in [-0.15, -0.1) is 0 Å². The van der Waals surface area contributed by atoms with Crippen molar-refractivity contribution in [3.05, 3.63) is 34.9 Å². The number of fused-ring (bicyclic) bond motifs is 1. The molecule has 3 rings (SSSR count). The molecule has 1 aliphatic carbocycles. The van der Waals surface area contributed by atoms with Crippen LogP contribution in [0.3, 0.4) is 0 Å². The van der Waals surface area contributed by atoms with Gasteiger partial charge in [0, 0.05) is 6.54 Å². The highest BCUT2D eigenvalue weighted by Crippen LogP contribution is 2.25. The fraction of sp³-hybridized carbons (Fsp3) is 0.667. The van der Waals surface area contributed by atoms with Gasteiger partial charge in [0.25, 0.3) is 0 Å². The lowest BCUT2D eigenvalue weighted by Crippen LogP contribution is -2.33. The molecule has 1 unspecified atom stereocenters. The first kappa shape index (κ1) is 14.1. The summed E-state index contributed by atoms with van der Waals surface area (Å²) in [7, 11) is 0. The SMILES string of the molecule is OC(CN1CCCCC1)c1ccc2c(c1)CCCCC2. The molecule has 0 amide bonds. The Hall–Kier alpha value is -0.860. The second-order valence-electron chi connectivity index (χ2n) is 6.47. The van der Waals surface area contributed by atoms with E-state index in [0.29, 0.717) is 0 Å². The van der Waals surface area contributed by atoms with E-state index in [1.54, 1.807) is 0 Å². The zero-order valence-corrected chi connectivity index (χ0v) is 12.5. The van der Waals surface area contributed by atoms with Gasteiger partial charge >= 0.3 is 0 Å². The van der Waals surface area contributed by atoms with Crippen LogP contribution in [0.25, 0.3) is 0 Å². The number of aliphatic hydroxyl groups excluding tert-OH is 1. The summed E-state index contributed by atoms with van der Waals surface area (Å²) < 4.78 is 0. The summed E-state index contributed by atoms with van der Waals surface area (Å²) in [5.74, 6) is 0. The van der Waals surface area contributed by atoms with Crippen LogP contribution in [-0.2, 0) is 12.8 Å². The van der Waals surface area contributed by atoms with E-state index >= 15 is 0 Å². The fourth-order valence-electron chi connectivity index (χ4n) is 3.63. The van der Waals surface area contributed by atoms with E-state index in [-0.39, 0.29) is 6.10 Å². The first-order valence-electron chi connectivity index (χ1n) is 8.35. The lowest BCUT2D eigenvalue weighted by molar-refractivity contribution is 0.101. The molecule has 1 aromatic carbocycles. The number of hydrogen-bond acceptors (Lipinski definition) is 2. The van der Waals surface area contributed by atoms with Gasteiger partial charge in [0.15, 0.2) is 0 Å². The van der Waals surface area contributed by atoms with Gasteiger partial charge in [-0.05, 0) is 68.3 Å². The molecule has 1 heterocycles. The largest absolute Gasteiger partial charge is 0.387 e. The van der Waals surface area contributed by atoms with Crippen molar-refractivity contribution in [1.29, 1.82) is 0 Å². The predicted molar refractivity (Wildman–Crippen MR) is 83.0 cm³/mol. The molecule has 20 heavy (non-hydrogen) atoms. The molecular formula is C18H27NO. The zero-order valence-electron chi connectivity index (χ0n) is 12.5. The Balaban J connectivity index is 1.67. The Morgan fingerprint density at radius 1 is 0.900 bits per heavy atom. The molecule has 2 aliphatic rings. The molecule has 1 saturated heterocycles. The Bertz CT molecular complexity index is 437. The molecule has 0 bridgehead atoms. The second kappa shape index (κ2) is 6.73. The lowest BCUT2D eigenvalue weighted by Gasteiger charge is -2.28. The van der Waals surface area contributed by atoms with Crippen LogP contribution in [0.1, 0.15) is 61.3 Å². The summed E-state index contributed by atoms with van der Waals surface area (Å²) in [5, 5.41) is 10.5. The van der Waals surface area contributed by atoms with Crippen molar-refractivity contribution in [2.24, 2.45) is 0 Å². The summed E-state index contributed by atoms with van der Waals surface area (Å²) >= 11 is 0. The highest BCUT2D eigenvalue weighted by Gasteiger charge is 2.17. The van der Waals surface area contributed by atoms with E-state index in [9.17, 15) is 5.11 Å². The monoisotopic (exact) mass is 273 g/mol. The number of benzene rings is 1. The zero-order chi connectivity index (χ0) is 13.8. The molecule has 2 nitrogen and oxygen atoms in total. The average molecular weight is 273 g/mol. The van der Waals surface area contributed by atoms with Crippen LogP contribution in [0.2, 0.25) is 0 Å². The molecule has 1 fully saturated rings. The van der Waals surface area contributed by atoms with Crippen LogP contribution in [0, 0.1) is 0 Å². The van der Waals surface area contributed by atoms with Gasteiger partial charge < -0.3 is 10.0 Å². The third-order valence-corrected chi connectivity index (χ3v) is 4.89. The van der Waals surface area contributed by atoms with E-state index < -0.39 is 0 Å². The molecular weight excluding hydrogens is 246 g/mol.